The lowest BCUT2D eigenvalue weighted by Gasteiger charge is -2.27. The van der Waals surface area contributed by atoms with Crippen LogP contribution < -0.4 is 10.1 Å². The van der Waals surface area contributed by atoms with Crippen molar-refractivity contribution in [3.63, 3.8) is 0 Å². The maximum Gasteiger partial charge on any atom is 0.239 e. The molecule has 0 bridgehead atoms. The molecule has 0 fully saturated rings. The molecule has 0 saturated carbocycles. The minimum Gasteiger partial charge on any atom is -0.497 e. The molecule has 0 aliphatic heterocycles. The quantitative estimate of drug-likeness (QED) is 0.596. The maximum atomic E-state index is 13.5. The van der Waals surface area contributed by atoms with Crippen molar-refractivity contribution in [3.05, 3.63) is 101 Å². The van der Waals surface area contributed by atoms with Crippen LogP contribution in [0.4, 0.5) is 4.39 Å². The van der Waals surface area contributed by atoms with E-state index < -0.39 is 6.04 Å². The van der Waals surface area contributed by atoms with Gasteiger partial charge in [0.25, 0.3) is 0 Å². The molecule has 2 atom stereocenters. The Morgan fingerprint density at radius 1 is 1.00 bits per heavy atom. The fourth-order valence-corrected chi connectivity index (χ4v) is 3.47. The smallest absolute Gasteiger partial charge is 0.239 e. The van der Waals surface area contributed by atoms with Gasteiger partial charge in [0.2, 0.25) is 5.91 Å². The van der Waals surface area contributed by atoms with Gasteiger partial charge >= 0.3 is 0 Å². The third kappa shape index (κ3) is 5.45. The van der Waals surface area contributed by atoms with Crippen molar-refractivity contribution < 1.29 is 13.9 Å². The summed E-state index contributed by atoms with van der Waals surface area (Å²) in [6.45, 7) is 2.20. The summed E-state index contributed by atoms with van der Waals surface area (Å²) in [6, 6.07) is 23.6. The summed E-state index contributed by atoms with van der Waals surface area (Å²) in [5.41, 5.74) is 2.86. The summed E-state index contributed by atoms with van der Waals surface area (Å²) >= 11 is 0. The number of nitrogens with zero attached hydrogens (tertiary/aromatic N) is 1. The van der Waals surface area contributed by atoms with Crippen LogP contribution >= 0.6 is 0 Å². The lowest BCUT2D eigenvalue weighted by atomic mass is 9.97. The number of benzene rings is 3. The van der Waals surface area contributed by atoms with Gasteiger partial charge < -0.3 is 9.64 Å². The molecule has 3 rings (SSSR count). The second-order valence-electron chi connectivity index (χ2n) is 7.33. The Kier molecular flexibility index (Phi) is 7.20. The van der Waals surface area contributed by atoms with E-state index in [9.17, 15) is 9.18 Å². The maximum absolute atomic E-state index is 13.5. The van der Waals surface area contributed by atoms with E-state index in [1.165, 1.54) is 12.1 Å². The van der Waals surface area contributed by atoms with Gasteiger partial charge in [-0.1, -0.05) is 54.6 Å². The van der Waals surface area contributed by atoms with Gasteiger partial charge in [0.05, 0.1) is 19.2 Å². The fraction of sp³-hybridized carbons (Fsp3) is 0.240. The van der Waals surface area contributed by atoms with Gasteiger partial charge in [-0.3, -0.25) is 10.1 Å². The van der Waals surface area contributed by atoms with E-state index in [4.69, 9.17) is 4.74 Å². The number of methoxy groups -OCH3 is 1. The number of rotatable bonds is 8. The van der Waals surface area contributed by atoms with Crippen molar-refractivity contribution in [1.82, 2.24) is 10.2 Å². The van der Waals surface area contributed by atoms with Crippen LogP contribution in [0.15, 0.2) is 78.9 Å². The molecular weight excluding hydrogens is 379 g/mol. The average Bonchev–Trinajstić information content (AvgIpc) is 2.77. The standard InChI is InChI=1S/C25H27FN2O2/c1-18(25(29)28(2)17-19-8-7-11-22(26)16-19)27-24(20-9-5-4-6-10-20)21-12-14-23(30-3)15-13-21/h4-16,18,24,27H,17H2,1-3H3. The van der Waals surface area contributed by atoms with Crippen molar-refractivity contribution in [1.29, 1.82) is 0 Å². The van der Waals surface area contributed by atoms with Crippen molar-refractivity contribution in [2.75, 3.05) is 14.2 Å². The van der Waals surface area contributed by atoms with E-state index in [2.05, 4.69) is 5.32 Å². The molecule has 3 aromatic rings. The van der Waals surface area contributed by atoms with Gasteiger partial charge in [-0.05, 0) is 47.9 Å². The van der Waals surface area contributed by atoms with E-state index in [-0.39, 0.29) is 17.8 Å². The Bertz CT molecular complexity index is 960. The van der Waals surface area contributed by atoms with Gasteiger partial charge in [-0.25, -0.2) is 4.39 Å². The zero-order valence-corrected chi connectivity index (χ0v) is 17.5. The molecular formula is C25H27FN2O2. The van der Waals surface area contributed by atoms with E-state index in [0.29, 0.717) is 6.54 Å². The van der Waals surface area contributed by atoms with Gasteiger partial charge in [0.1, 0.15) is 11.6 Å². The molecule has 0 saturated heterocycles. The first-order valence-corrected chi connectivity index (χ1v) is 9.92. The number of halogens is 1. The van der Waals surface area contributed by atoms with Crippen LogP contribution in [-0.4, -0.2) is 31.0 Å². The molecule has 0 spiro atoms. The number of amides is 1. The summed E-state index contributed by atoms with van der Waals surface area (Å²) in [5, 5.41) is 3.46. The molecule has 5 heteroatoms. The number of carbonyl (C=O) groups is 1. The summed E-state index contributed by atoms with van der Waals surface area (Å²) in [6.07, 6.45) is 0. The molecule has 156 valence electrons. The predicted octanol–water partition coefficient (Wildman–Crippen LogP) is 4.56. The number of hydrogen-bond acceptors (Lipinski definition) is 3. The summed E-state index contributed by atoms with van der Waals surface area (Å²) < 4.78 is 18.7. The average molecular weight is 407 g/mol. The van der Waals surface area contributed by atoms with Crippen molar-refractivity contribution >= 4 is 5.91 Å². The van der Waals surface area contributed by atoms with E-state index >= 15 is 0 Å². The van der Waals surface area contributed by atoms with Gasteiger partial charge in [0, 0.05) is 13.6 Å². The number of nitrogens with one attached hydrogen (secondary N) is 1. The summed E-state index contributed by atoms with van der Waals surface area (Å²) in [4.78, 5) is 14.6. The third-order valence-corrected chi connectivity index (χ3v) is 5.05. The van der Waals surface area contributed by atoms with Crippen LogP contribution in [0.25, 0.3) is 0 Å². The zero-order chi connectivity index (χ0) is 21.5. The normalized spacial score (nSPS) is 12.8. The topological polar surface area (TPSA) is 41.6 Å². The van der Waals surface area contributed by atoms with E-state index in [1.54, 1.807) is 25.1 Å². The first-order valence-electron chi connectivity index (χ1n) is 9.92. The second kappa shape index (κ2) is 10.0. The van der Waals surface area contributed by atoms with Crippen molar-refractivity contribution in [2.45, 2.75) is 25.6 Å². The predicted molar refractivity (Wildman–Crippen MR) is 117 cm³/mol. The molecule has 4 nitrogen and oxygen atoms in total. The number of ether oxygens (including phenoxy) is 1. The highest BCUT2D eigenvalue weighted by Crippen LogP contribution is 2.25. The molecule has 0 radical (unpaired) electrons. The highest BCUT2D eigenvalue weighted by atomic mass is 19.1. The molecule has 0 aliphatic rings. The number of hydrogen-bond donors (Lipinski definition) is 1. The lowest BCUT2D eigenvalue weighted by molar-refractivity contribution is -0.132. The molecule has 30 heavy (non-hydrogen) atoms. The highest BCUT2D eigenvalue weighted by Gasteiger charge is 2.23. The Hall–Kier alpha value is -3.18. The summed E-state index contributed by atoms with van der Waals surface area (Å²) in [7, 11) is 3.37. The molecule has 0 aromatic heterocycles. The molecule has 0 aliphatic carbocycles. The number of likely N-dealkylation sites (N-methyl/N-ethyl adjacent to an activating group) is 1. The summed E-state index contributed by atoms with van der Waals surface area (Å²) in [5.74, 6) is 0.418. The van der Waals surface area contributed by atoms with Crippen LogP contribution in [0.3, 0.4) is 0 Å². The SMILES string of the molecule is COc1ccc(C(NC(C)C(=O)N(C)Cc2cccc(F)c2)c2ccccc2)cc1. The van der Waals surface area contributed by atoms with Crippen molar-refractivity contribution in [3.8, 4) is 5.75 Å². The zero-order valence-electron chi connectivity index (χ0n) is 17.5. The monoisotopic (exact) mass is 406 g/mol. The molecule has 2 unspecified atom stereocenters. The Morgan fingerprint density at radius 3 is 2.30 bits per heavy atom. The Labute approximate surface area is 177 Å². The highest BCUT2D eigenvalue weighted by molar-refractivity contribution is 5.81. The largest absolute Gasteiger partial charge is 0.497 e. The van der Waals surface area contributed by atoms with Crippen LogP contribution in [-0.2, 0) is 11.3 Å². The first-order chi connectivity index (χ1) is 14.5. The fourth-order valence-electron chi connectivity index (χ4n) is 3.47. The van der Waals surface area contributed by atoms with E-state index in [0.717, 1.165) is 22.4 Å². The second-order valence-corrected chi connectivity index (χ2v) is 7.33. The Balaban J connectivity index is 1.76. The van der Waals surface area contributed by atoms with Gasteiger partial charge in [0.15, 0.2) is 0 Å². The van der Waals surface area contributed by atoms with Crippen LogP contribution in [0, 0.1) is 5.82 Å². The van der Waals surface area contributed by atoms with E-state index in [1.807, 2.05) is 67.6 Å². The molecule has 0 heterocycles. The van der Waals surface area contributed by atoms with Gasteiger partial charge in [-0.2, -0.15) is 0 Å². The van der Waals surface area contributed by atoms with Crippen molar-refractivity contribution in [2.24, 2.45) is 0 Å². The molecule has 1 amide bonds. The van der Waals surface area contributed by atoms with Crippen LogP contribution in [0.5, 0.6) is 5.75 Å². The third-order valence-electron chi connectivity index (χ3n) is 5.05. The minimum atomic E-state index is -0.434. The number of carbonyl (C=O) groups excluding carboxylic acids is 1. The lowest BCUT2D eigenvalue weighted by Crippen LogP contribution is -2.44. The van der Waals surface area contributed by atoms with Gasteiger partial charge in [-0.15, -0.1) is 0 Å². The Morgan fingerprint density at radius 2 is 1.67 bits per heavy atom. The molecule has 3 aromatic carbocycles. The first kappa shape index (κ1) is 21.5. The minimum absolute atomic E-state index is 0.0614. The molecule has 1 N–H and O–H groups in total. The van der Waals surface area contributed by atoms with Crippen LogP contribution in [0.2, 0.25) is 0 Å². The van der Waals surface area contributed by atoms with Crippen LogP contribution in [0.1, 0.15) is 29.7 Å².